The summed E-state index contributed by atoms with van der Waals surface area (Å²) in [6.45, 7) is 1.45. The first-order chi connectivity index (χ1) is 7.81. The summed E-state index contributed by atoms with van der Waals surface area (Å²) in [5.41, 5.74) is 0.856. The van der Waals surface area contributed by atoms with E-state index in [-0.39, 0.29) is 0 Å². The smallest absolute Gasteiger partial charge is 0.130 e. The van der Waals surface area contributed by atoms with E-state index in [0.29, 0.717) is 11.6 Å². The van der Waals surface area contributed by atoms with Crippen LogP contribution in [0.2, 0.25) is 5.02 Å². The van der Waals surface area contributed by atoms with Crippen LogP contribution < -0.4 is 10.1 Å². The number of aromatic nitrogens is 1. The lowest BCUT2D eigenvalue weighted by Gasteiger charge is -2.08. The van der Waals surface area contributed by atoms with Crippen molar-refractivity contribution in [1.29, 1.82) is 0 Å². The fraction of sp³-hybridized carbons (Fsp3) is 0.250. The fourth-order valence-electron chi connectivity index (χ4n) is 1.48. The minimum absolute atomic E-state index is 0.637. The Morgan fingerprint density at radius 2 is 2.25 bits per heavy atom. The predicted molar refractivity (Wildman–Crippen MR) is 66.2 cm³/mol. The van der Waals surface area contributed by atoms with Crippen LogP contribution in [-0.2, 0) is 0 Å². The lowest BCUT2D eigenvalue weighted by atomic mass is 10.2. The highest BCUT2D eigenvalue weighted by Crippen LogP contribution is 2.25. The second-order valence-electron chi connectivity index (χ2n) is 3.42. The van der Waals surface area contributed by atoms with Gasteiger partial charge in [0.25, 0.3) is 0 Å². The summed E-state index contributed by atoms with van der Waals surface area (Å²) in [5, 5.41) is 4.71. The molecule has 0 aliphatic heterocycles. The molecule has 0 radical (unpaired) electrons. The highest BCUT2D eigenvalue weighted by Gasteiger charge is 2.03. The zero-order chi connectivity index (χ0) is 11.4. The van der Waals surface area contributed by atoms with Gasteiger partial charge < -0.3 is 10.1 Å². The number of nitrogens with one attached hydrogen (secondary N) is 1. The minimum Gasteiger partial charge on any atom is -0.492 e. The Bertz CT molecular complexity index is 487. The number of hydrogen-bond acceptors (Lipinski definition) is 3. The maximum atomic E-state index is 5.91. The van der Waals surface area contributed by atoms with E-state index in [0.717, 1.165) is 23.2 Å². The number of nitrogens with zero attached hydrogens (tertiary/aromatic N) is 1. The zero-order valence-electron chi connectivity index (χ0n) is 9.03. The van der Waals surface area contributed by atoms with Crippen molar-refractivity contribution in [2.24, 2.45) is 0 Å². The molecule has 0 amide bonds. The molecule has 1 aromatic carbocycles. The number of ether oxygens (including phenoxy) is 1. The second-order valence-corrected chi connectivity index (χ2v) is 3.86. The average molecular weight is 237 g/mol. The Morgan fingerprint density at radius 3 is 3.06 bits per heavy atom. The molecule has 1 aromatic heterocycles. The molecule has 0 aliphatic carbocycles. The third-order valence-electron chi connectivity index (χ3n) is 2.27. The van der Waals surface area contributed by atoms with Gasteiger partial charge in [0.15, 0.2) is 0 Å². The van der Waals surface area contributed by atoms with Crippen molar-refractivity contribution in [3.63, 3.8) is 0 Å². The van der Waals surface area contributed by atoms with Gasteiger partial charge in [-0.15, -0.1) is 0 Å². The maximum Gasteiger partial charge on any atom is 0.130 e. The Balaban J connectivity index is 2.30. The topological polar surface area (TPSA) is 34.1 Å². The van der Waals surface area contributed by atoms with Gasteiger partial charge in [-0.05, 0) is 31.3 Å². The van der Waals surface area contributed by atoms with Gasteiger partial charge in [0.05, 0.1) is 5.52 Å². The van der Waals surface area contributed by atoms with E-state index >= 15 is 0 Å². The summed E-state index contributed by atoms with van der Waals surface area (Å²) in [6.07, 6.45) is 1.73. The van der Waals surface area contributed by atoms with Crippen molar-refractivity contribution in [1.82, 2.24) is 10.3 Å². The molecule has 0 saturated carbocycles. The molecule has 16 heavy (non-hydrogen) atoms. The van der Waals surface area contributed by atoms with Crippen molar-refractivity contribution in [2.45, 2.75) is 0 Å². The van der Waals surface area contributed by atoms with Crippen LogP contribution >= 0.6 is 11.6 Å². The molecule has 0 saturated heterocycles. The van der Waals surface area contributed by atoms with E-state index in [1.54, 1.807) is 6.20 Å². The van der Waals surface area contributed by atoms with Crippen LogP contribution in [0, 0.1) is 0 Å². The van der Waals surface area contributed by atoms with Crippen LogP contribution in [0.25, 0.3) is 10.9 Å². The number of fused-ring (bicyclic) bond motifs is 1. The SMILES string of the molecule is CNCCOc1ccnc2cc(Cl)ccc12. The highest BCUT2D eigenvalue weighted by molar-refractivity contribution is 6.31. The molecule has 1 heterocycles. The molecule has 1 N–H and O–H groups in total. The molecular formula is C12H13ClN2O. The predicted octanol–water partition coefficient (Wildman–Crippen LogP) is 2.49. The molecule has 4 heteroatoms. The molecule has 0 fully saturated rings. The van der Waals surface area contributed by atoms with Crippen molar-refractivity contribution >= 4 is 22.5 Å². The van der Waals surface area contributed by atoms with Crippen LogP contribution in [0.3, 0.4) is 0 Å². The molecule has 0 aliphatic rings. The van der Waals surface area contributed by atoms with E-state index in [9.17, 15) is 0 Å². The summed E-state index contributed by atoms with van der Waals surface area (Å²) in [6, 6.07) is 7.48. The van der Waals surface area contributed by atoms with E-state index < -0.39 is 0 Å². The number of halogens is 1. The fourth-order valence-corrected chi connectivity index (χ4v) is 1.65. The maximum absolute atomic E-state index is 5.91. The summed E-state index contributed by atoms with van der Waals surface area (Å²) >= 11 is 5.91. The molecule has 0 unspecified atom stereocenters. The van der Waals surface area contributed by atoms with E-state index in [4.69, 9.17) is 16.3 Å². The van der Waals surface area contributed by atoms with Crippen LogP contribution in [0.15, 0.2) is 30.5 Å². The van der Waals surface area contributed by atoms with Crippen molar-refractivity contribution < 1.29 is 4.74 Å². The molecule has 0 spiro atoms. The number of pyridine rings is 1. The summed E-state index contributed by atoms with van der Waals surface area (Å²) in [4.78, 5) is 4.25. The summed E-state index contributed by atoms with van der Waals surface area (Å²) in [7, 11) is 1.90. The number of benzene rings is 1. The van der Waals surface area contributed by atoms with Gasteiger partial charge in [0.2, 0.25) is 0 Å². The lowest BCUT2D eigenvalue weighted by Crippen LogP contribution is -2.16. The molecular weight excluding hydrogens is 224 g/mol. The molecule has 0 atom stereocenters. The Kier molecular flexibility index (Phi) is 3.59. The highest BCUT2D eigenvalue weighted by atomic mass is 35.5. The van der Waals surface area contributed by atoms with Gasteiger partial charge in [-0.1, -0.05) is 11.6 Å². The third kappa shape index (κ3) is 2.43. The van der Waals surface area contributed by atoms with Gasteiger partial charge in [0, 0.05) is 23.2 Å². The molecule has 2 aromatic rings. The normalized spacial score (nSPS) is 10.6. The van der Waals surface area contributed by atoms with Gasteiger partial charge in [-0.2, -0.15) is 0 Å². The van der Waals surface area contributed by atoms with E-state index in [1.807, 2.05) is 31.3 Å². The van der Waals surface area contributed by atoms with E-state index in [1.165, 1.54) is 0 Å². The summed E-state index contributed by atoms with van der Waals surface area (Å²) < 4.78 is 5.65. The van der Waals surface area contributed by atoms with Gasteiger partial charge in [-0.3, -0.25) is 4.98 Å². The zero-order valence-corrected chi connectivity index (χ0v) is 9.79. The van der Waals surface area contributed by atoms with Crippen LogP contribution in [0.4, 0.5) is 0 Å². The number of rotatable bonds is 4. The summed E-state index contributed by atoms with van der Waals surface area (Å²) in [5.74, 6) is 0.844. The Hall–Kier alpha value is -1.32. The standard InChI is InChI=1S/C12H13ClN2O/c1-14-6-7-16-12-4-5-15-11-8-9(13)2-3-10(11)12/h2-5,8,14H,6-7H2,1H3. The third-order valence-corrected chi connectivity index (χ3v) is 2.51. The van der Waals surface area contributed by atoms with Gasteiger partial charge in [-0.25, -0.2) is 0 Å². The number of hydrogen-bond donors (Lipinski definition) is 1. The minimum atomic E-state index is 0.637. The van der Waals surface area contributed by atoms with Crippen LogP contribution in [0.1, 0.15) is 0 Å². The first kappa shape index (κ1) is 11.2. The molecule has 84 valence electrons. The second kappa shape index (κ2) is 5.14. The van der Waals surface area contributed by atoms with Gasteiger partial charge in [0.1, 0.15) is 12.4 Å². The number of likely N-dealkylation sites (N-methyl/N-ethyl adjacent to an activating group) is 1. The monoisotopic (exact) mass is 236 g/mol. The largest absolute Gasteiger partial charge is 0.492 e. The molecule has 0 bridgehead atoms. The molecule has 2 rings (SSSR count). The van der Waals surface area contributed by atoms with Gasteiger partial charge >= 0.3 is 0 Å². The Labute approximate surface area is 99.4 Å². The van der Waals surface area contributed by atoms with Crippen molar-refractivity contribution in [2.75, 3.05) is 20.2 Å². The quantitative estimate of drug-likeness (QED) is 0.829. The van der Waals surface area contributed by atoms with Crippen LogP contribution in [-0.4, -0.2) is 25.2 Å². The first-order valence-corrected chi connectivity index (χ1v) is 5.51. The van der Waals surface area contributed by atoms with Crippen molar-refractivity contribution in [3.05, 3.63) is 35.5 Å². The average Bonchev–Trinajstić information content (AvgIpc) is 2.29. The van der Waals surface area contributed by atoms with E-state index in [2.05, 4.69) is 10.3 Å². The Morgan fingerprint density at radius 1 is 1.38 bits per heavy atom. The first-order valence-electron chi connectivity index (χ1n) is 5.13. The van der Waals surface area contributed by atoms with Crippen LogP contribution in [0.5, 0.6) is 5.75 Å². The molecule has 3 nitrogen and oxygen atoms in total. The lowest BCUT2D eigenvalue weighted by molar-refractivity contribution is 0.322. The van der Waals surface area contributed by atoms with Crippen molar-refractivity contribution in [3.8, 4) is 5.75 Å².